The monoisotopic (exact) mass is 359 g/mol. The van der Waals surface area contributed by atoms with Gasteiger partial charge in [-0.05, 0) is 45.7 Å². The quantitative estimate of drug-likeness (QED) is 0.812. The molecule has 26 heavy (non-hydrogen) atoms. The second kappa shape index (κ2) is 8.19. The van der Waals surface area contributed by atoms with Crippen LogP contribution in [0.2, 0.25) is 0 Å². The Bertz CT molecular complexity index is 616. The third kappa shape index (κ3) is 4.18. The van der Waals surface area contributed by atoms with Gasteiger partial charge in [0.15, 0.2) is 0 Å². The average molecular weight is 360 g/mol. The van der Waals surface area contributed by atoms with Crippen LogP contribution in [0, 0.1) is 12.8 Å². The Morgan fingerprint density at radius 2 is 1.92 bits per heavy atom. The molecule has 1 aromatic rings. The van der Waals surface area contributed by atoms with Crippen molar-refractivity contribution >= 4 is 5.82 Å². The van der Waals surface area contributed by atoms with Crippen LogP contribution in [-0.4, -0.2) is 85.8 Å². The molecule has 6 nitrogen and oxygen atoms in total. The number of hydrogen-bond donors (Lipinski definition) is 0. The van der Waals surface area contributed by atoms with Gasteiger partial charge in [-0.1, -0.05) is 0 Å². The summed E-state index contributed by atoms with van der Waals surface area (Å²) >= 11 is 0. The lowest BCUT2D eigenvalue weighted by atomic mass is 10.1. The molecule has 0 saturated carbocycles. The summed E-state index contributed by atoms with van der Waals surface area (Å²) in [5.74, 6) is 2.85. The summed E-state index contributed by atoms with van der Waals surface area (Å²) in [6.45, 7) is 11.8. The molecule has 0 N–H and O–H groups in total. The Hall–Kier alpha value is -1.24. The largest absolute Gasteiger partial charge is 0.381 e. The number of aryl methyl sites for hydroxylation is 1. The first kappa shape index (κ1) is 18.1. The zero-order valence-electron chi connectivity index (χ0n) is 16.4. The summed E-state index contributed by atoms with van der Waals surface area (Å²) in [7, 11) is 2.22. The molecular weight excluding hydrogens is 326 g/mol. The van der Waals surface area contributed by atoms with E-state index < -0.39 is 0 Å². The molecular formula is C20H33N5O. The lowest BCUT2D eigenvalue weighted by molar-refractivity contribution is 0.168. The van der Waals surface area contributed by atoms with E-state index in [-0.39, 0.29) is 0 Å². The Labute approximate surface area is 157 Å². The van der Waals surface area contributed by atoms with Crippen molar-refractivity contribution < 1.29 is 4.74 Å². The summed E-state index contributed by atoms with van der Waals surface area (Å²) in [5, 5.41) is 0. The van der Waals surface area contributed by atoms with Gasteiger partial charge in [-0.25, -0.2) is 9.97 Å². The van der Waals surface area contributed by atoms with Crippen LogP contribution >= 0.6 is 0 Å². The van der Waals surface area contributed by atoms with E-state index in [0.29, 0.717) is 5.92 Å². The van der Waals surface area contributed by atoms with Crippen LogP contribution < -0.4 is 4.90 Å². The fraction of sp³-hybridized carbons (Fsp3) is 0.800. The van der Waals surface area contributed by atoms with Gasteiger partial charge in [0.1, 0.15) is 11.6 Å². The topological polar surface area (TPSA) is 44.7 Å². The number of fused-ring (bicyclic) bond motifs is 1. The van der Waals surface area contributed by atoms with Crippen molar-refractivity contribution in [1.82, 2.24) is 19.8 Å². The molecule has 2 saturated heterocycles. The van der Waals surface area contributed by atoms with Crippen LogP contribution in [0.25, 0.3) is 0 Å². The van der Waals surface area contributed by atoms with Gasteiger partial charge in [0.2, 0.25) is 0 Å². The molecule has 1 aromatic heterocycles. The first-order valence-corrected chi connectivity index (χ1v) is 10.3. The molecule has 1 unspecified atom stereocenters. The van der Waals surface area contributed by atoms with Crippen molar-refractivity contribution in [2.75, 3.05) is 71.0 Å². The SMILES string of the molecule is Cc1nc2c(c(N3CCCN(C)CC3)n1)CCN(CC1CCOC1)CC2. The average Bonchev–Trinajstić information content (AvgIpc) is 2.93. The highest BCUT2D eigenvalue weighted by molar-refractivity contribution is 5.50. The van der Waals surface area contributed by atoms with Gasteiger partial charge in [-0.15, -0.1) is 0 Å². The lowest BCUT2D eigenvalue weighted by Gasteiger charge is -2.25. The Kier molecular flexibility index (Phi) is 5.72. The van der Waals surface area contributed by atoms with Gasteiger partial charge in [-0.3, -0.25) is 0 Å². The van der Waals surface area contributed by atoms with Crippen LogP contribution in [0.4, 0.5) is 5.82 Å². The van der Waals surface area contributed by atoms with Crippen LogP contribution in [0.3, 0.4) is 0 Å². The number of rotatable bonds is 3. The molecule has 0 bridgehead atoms. The molecule has 6 heteroatoms. The van der Waals surface area contributed by atoms with Crippen molar-refractivity contribution in [2.24, 2.45) is 5.92 Å². The van der Waals surface area contributed by atoms with E-state index in [1.807, 2.05) is 6.92 Å². The standard InChI is InChI=1S/C20H33N5O/c1-16-21-19-5-10-24(14-17-6-13-26-15-17)9-4-18(19)20(22-16)25-8-3-7-23(2)11-12-25/h17H,3-15H2,1-2H3. The molecule has 0 aliphatic carbocycles. The summed E-state index contributed by atoms with van der Waals surface area (Å²) in [4.78, 5) is 17.3. The fourth-order valence-corrected chi connectivity index (χ4v) is 4.54. The van der Waals surface area contributed by atoms with Crippen molar-refractivity contribution in [3.63, 3.8) is 0 Å². The number of likely N-dealkylation sites (N-methyl/N-ethyl adjacent to an activating group) is 1. The Balaban J connectivity index is 1.51. The molecule has 4 rings (SSSR count). The van der Waals surface area contributed by atoms with Crippen molar-refractivity contribution in [2.45, 2.75) is 32.6 Å². The highest BCUT2D eigenvalue weighted by atomic mass is 16.5. The third-order valence-electron chi connectivity index (χ3n) is 6.09. The fourth-order valence-electron chi connectivity index (χ4n) is 4.54. The first-order valence-electron chi connectivity index (χ1n) is 10.3. The van der Waals surface area contributed by atoms with E-state index in [4.69, 9.17) is 14.7 Å². The van der Waals surface area contributed by atoms with E-state index in [0.717, 1.165) is 64.6 Å². The minimum Gasteiger partial charge on any atom is -0.381 e. The summed E-state index contributed by atoms with van der Waals surface area (Å²) in [5.41, 5.74) is 2.69. The van der Waals surface area contributed by atoms with Crippen LogP contribution in [0.1, 0.15) is 29.9 Å². The lowest BCUT2D eigenvalue weighted by Crippen LogP contribution is -2.32. The molecule has 4 heterocycles. The Morgan fingerprint density at radius 3 is 2.77 bits per heavy atom. The minimum absolute atomic E-state index is 0.713. The second-order valence-electron chi connectivity index (χ2n) is 8.19. The number of aromatic nitrogens is 2. The van der Waals surface area contributed by atoms with Gasteiger partial charge < -0.3 is 19.4 Å². The minimum atomic E-state index is 0.713. The third-order valence-corrected chi connectivity index (χ3v) is 6.09. The maximum Gasteiger partial charge on any atom is 0.135 e. The van der Waals surface area contributed by atoms with Gasteiger partial charge in [0.25, 0.3) is 0 Å². The zero-order valence-corrected chi connectivity index (χ0v) is 16.4. The van der Waals surface area contributed by atoms with Crippen LogP contribution in [-0.2, 0) is 17.6 Å². The second-order valence-corrected chi connectivity index (χ2v) is 8.19. The Morgan fingerprint density at radius 1 is 1.04 bits per heavy atom. The molecule has 2 fully saturated rings. The summed E-state index contributed by atoms with van der Waals surface area (Å²) in [6.07, 6.45) is 4.55. The van der Waals surface area contributed by atoms with Gasteiger partial charge in [0.05, 0.1) is 12.3 Å². The highest BCUT2D eigenvalue weighted by Gasteiger charge is 2.25. The first-order chi connectivity index (χ1) is 12.7. The number of hydrogen-bond acceptors (Lipinski definition) is 6. The summed E-state index contributed by atoms with van der Waals surface area (Å²) < 4.78 is 5.57. The van der Waals surface area contributed by atoms with Gasteiger partial charge in [0, 0.05) is 57.9 Å². The predicted octanol–water partition coefficient (Wildman–Crippen LogP) is 1.36. The van der Waals surface area contributed by atoms with Crippen LogP contribution in [0.15, 0.2) is 0 Å². The molecule has 0 radical (unpaired) electrons. The smallest absolute Gasteiger partial charge is 0.135 e. The maximum absolute atomic E-state index is 5.57. The van der Waals surface area contributed by atoms with E-state index >= 15 is 0 Å². The molecule has 0 spiro atoms. The van der Waals surface area contributed by atoms with E-state index in [1.165, 1.54) is 43.0 Å². The van der Waals surface area contributed by atoms with Crippen molar-refractivity contribution in [3.8, 4) is 0 Å². The van der Waals surface area contributed by atoms with Crippen LogP contribution in [0.5, 0.6) is 0 Å². The number of anilines is 1. The molecule has 0 amide bonds. The highest BCUT2D eigenvalue weighted by Crippen LogP contribution is 2.26. The molecule has 3 aliphatic rings. The molecule has 0 aromatic carbocycles. The normalized spacial score (nSPS) is 25.8. The zero-order chi connectivity index (χ0) is 17.9. The van der Waals surface area contributed by atoms with Gasteiger partial charge in [-0.2, -0.15) is 0 Å². The molecule has 1 atom stereocenters. The predicted molar refractivity (Wildman–Crippen MR) is 104 cm³/mol. The van der Waals surface area contributed by atoms with E-state index in [1.54, 1.807) is 0 Å². The molecule has 144 valence electrons. The maximum atomic E-state index is 5.57. The van der Waals surface area contributed by atoms with Crippen molar-refractivity contribution in [3.05, 3.63) is 17.1 Å². The number of nitrogens with zero attached hydrogens (tertiary/aromatic N) is 5. The van der Waals surface area contributed by atoms with E-state index in [9.17, 15) is 0 Å². The van der Waals surface area contributed by atoms with Gasteiger partial charge >= 0.3 is 0 Å². The summed E-state index contributed by atoms with van der Waals surface area (Å²) in [6, 6.07) is 0. The van der Waals surface area contributed by atoms with E-state index in [2.05, 4.69) is 21.7 Å². The number of ether oxygens (including phenoxy) is 1. The molecule has 3 aliphatic heterocycles. The van der Waals surface area contributed by atoms with Crippen molar-refractivity contribution in [1.29, 1.82) is 0 Å².